The number of anilines is 1. The lowest BCUT2D eigenvalue weighted by molar-refractivity contribution is -0.118. The maximum absolute atomic E-state index is 12.9. The fourth-order valence-electron chi connectivity index (χ4n) is 5.72. The van der Waals surface area contributed by atoms with Crippen LogP contribution in [0.1, 0.15) is 66.2 Å². The highest BCUT2D eigenvalue weighted by Gasteiger charge is 2.32. The third-order valence-electron chi connectivity index (χ3n) is 7.59. The number of hydrogen-bond acceptors (Lipinski definition) is 5. The number of aromatic nitrogens is 2. The van der Waals surface area contributed by atoms with Crippen molar-refractivity contribution in [1.29, 1.82) is 0 Å². The van der Waals surface area contributed by atoms with Gasteiger partial charge in [0.05, 0.1) is 0 Å². The molecule has 176 valence electrons. The van der Waals surface area contributed by atoms with Gasteiger partial charge in [0.2, 0.25) is 5.91 Å². The van der Waals surface area contributed by atoms with Gasteiger partial charge in [-0.2, -0.15) is 0 Å². The van der Waals surface area contributed by atoms with E-state index >= 15 is 0 Å². The molecule has 2 fully saturated rings. The molecule has 0 radical (unpaired) electrons. The molecule has 0 spiro atoms. The van der Waals surface area contributed by atoms with Crippen molar-refractivity contribution in [3.05, 3.63) is 52.5 Å². The largest absolute Gasteiger partial charge is 0.381 e. The lowest BCUT2D eigenvalue weighted by atomic mass is 9.93. The van der Waals surface area contributed by atoms with Gasteiger partial charge in [-0.25, -0.2) is 9.97 Å². The molecule has 1 aromatic heterocycles. The van der Waals surface area contributed by atoms with Crippen LogP contribution in [0.25, 0.3) is 0 Å². The van der Waals surface area contributed by atoms with E-state index in [9.17, 15) is 4.79 Å². The molecule has 1 amide bonds. The van der Waals surface area contributed by atoms with Crippen LogP contribution in [0, 0.1) is 13.8 Å². The lowest BCUT2D eigenvalue weighted by Crippen LogP contribution is -2.45. The molecule has 3 aliphatic heterocycles. The van der Waals surface area contributed by atoms with Crippen LogP contribution in [0.15, 0.2) is 24.3 Å². The highest BCUT2D eigenvalue weighted by molar-refractivity contribution is 5.95. The number of likely N-dealkylation sites (tertiary alicyclic amines) is 1. The third-order valence-corrected chi connectivity index (χ3v) is 7.59. The maximum Gasteiger partial charge on any atom is 0.228 e. The first-order valence-corrected chi connectivity index (χ1v) is 12.6. The Hall–Kier alpha value is -2.31. The summed E-state index contributed by atoms with van der Waals surface area (Å²) in [6.07, 6.45) is 6.68. The molecule has 4 heterocycles. The summed E-state index contributed by atoms with van der Waals surface area (Å²) in [4.78, 5) is 27.6. The second-order valence-corrected chi connectivity index (χ2v) is 9.93. The van der Waals surface area contributed by atoms with Crippen LogP contribution >= 0.6 is 0 Å². The summed E-state index contributed by atoms with van der Waals surface area (Å²) in [5, 5.41) is 0. The Morgan fingerprint density at radius 3 is 2.76 bits per heavy atom. The Bertz CT molecular complexity index is 1000. The van der Waals surface area contributed by atoms with Crippen LogP contribution in [0.5, 0.6) is 0 Å². The van der Waals surface area contributed by atoms with Crippen molar-refractivity contribution in [2.75, 3.05) is 37.7 Å². The number of carbonyl (C=O) groups excluding carboxylic acids is 1. The summed E-state index contributed by atoms with van der Waals surface area (Å²) < 4.78 is 5.57. The number of piperidine rings is 1. The molecular formula is C27H36N4O2. The first-order valence-electron chi connectivity index (χ1n) is 12.6. The molecule has 6 nitrogen and oxygen atoms in total. The van der Waals surface area contributed by atoms with Crippen molar-refractivity contribution in [3.8, 4) is 0 Å². The van der Waals surface area contributed by atoms with Gasteiger partial charge in [0, 0.05) is 55.9 Å². The average Bonchev–Trinajstić information content (AvgIpc) is 2.84. The van der Waals surface area contributed by atoms with Crippen LogP contribution in [0.4, 0.5) is 5.82 Å². The van der Waals surface area contributed by atoms with Crippen LogP contribution in [0.2, 0.25) is 0 Å². The Morgan fingerprint density at radius 1 is 1.09 bits per heavy atom. The van der Waals surface area contributed by atoms with Gasteiger partial charge in [-0.1, -0.05) is 29.8 Å². The summed E-state index contributed by atoms with van der Waals surface area (Å²) in [5.41, 5.74) is 4.72. The van der Waals surface area contributed by atoms with E-state index in [1.165, 1.54) is 17.5 Å². The number of carbonyl (C=O) groups is 1. The number of nitrogens with zero attached hydrogens (tertiary/aromatic N) is 4. The van der Waals surface area contributed by atoms with E-state index in [-0.39, 0.29) is 5.91 Å². The van der Waals surface area contributed by atoms with E-state index in [2.05, 4.69) is 43.0 Å². The standard InChI is InChI=1S/C27H36N4O2/c1-19-5-3-6-21(17-19)10-14-31-25(32)9-8-24-20(2)28-26(29-27(24)31)22-7-4-13-30(18-22)23-11-15-33-16-12-23/h3,5-6,17,22-23H,4,7-16,18H2,1-2H3. The Morgan fingerprint density at radius 2 is 1.94 bits per heavy atom. The first-order chi connectivity index (χ1) is 16.1. The number of aryl methyl sites for hydroxylation is 2. The second-order valence-electron chi connectivity index (χ2n) is 9.93. The Balaban J connectivity index is 1.37. The normalized spacial score (nSPS) is 22.4. The highest BCUT2D eigenvalue weighted by Crippen LogP contribution is 2.33. The minimum Gasteiger partial charge on any atom is -0.381 e. The third kappa shape index (κ3) is 4.97. The van der Waals surface area contributed by atoms with Gasteiger partial charge < -0.3 is 4.74 Å². The van der Waals surface area contributed by atoms with Crippen molar-refractivity contribution in [2.24, 2.45) is 0 Å². The second kappa shape index (κ2) is 9.90. The molecule has 0 aliphatic carbocycles. The van der Waals surface area contributed by atoms with Crippen LogP contribution in [0.3, 0.4) is 0 Å². The average molecular weight is 449 g/mol. The molecule has 0 saturated carbocycles. The van der Waals surface area contributed by atoms with E-state index in [1.807, 2.05) is 4.90 Å². The number of rotatable bonds is 5. The number of amides is 1. The zero-order valence-corrected chi connectivity index (χ0v) is 20.1. The number of benzene rings is 1. The molecule has 2 saturated heterocycles. The summed E-state index contributed by atoms with van der Waals surface area (Å²) >= 11 is 0. The fourth-order valence-corrected chi connectivity index (χ4v) is 5.72. The molecule has 5 rings (SSSR count). The van der Waals surface area contributed by atoms with Crippen molar-refractivity contribution in [3.63, 3.8) is 0 Å². The number of hydrogen-bond donors (Lipinski definition) is 0. The van der Waals surface area contributed by atoms with Gasteiger partial charge in [-0.15, -0.1) is 0 Å². The summed E-state index contributed by atoms with van der Waals surface area (Å²) in [5.74, 6) is 2.32. The molecule has 1 unspecified atom stereocenters. The maximum atomic E-state index is 12.9. The SMILES string of the molecule is Cc1cccc(CCN2C(=O)CCc3c(C)nc(C4CCCN(C5CCOCC5)C4)nc32)c1. The fraction of sp³-hybridized carbons (Fsp3) is 0.593. The van der Waals surface area contributed by atoms with Crippen molar-refractivity contribution in [1.82, 2.24) is 14.9 Å². The van der Waals surface area contributed by atoms with Crippen molar-refractivity contribution in [2.45, 2.75) is 70.8 Å². The van der Waals surface area contributed by atoms with Gasteiger partial charge in [-0.3, -0.25) is 14.6 Å². The van der Waals surface area contributed by atoms with Gasteiger partial charge in [-0.05, 0) is 64.5 Å². The quantitative estimate of drug-likeness (QED) is 0.693. The molecule has 1 aromatic carbocycles. The first kappa shape index (κ1) is 22.5. The minimum absolute atomic E-state index is 0.187. The highest BCUT2D eigenvalue weighted by atomic mass is 16.5. The Labute approximate surface area is 197 Å². The van der Waals surface area contributed by atoms with Gasteiger partial charge in [0.1, 0.15) is 11.6 Å². The van der Waals surface area contributed by atoms with E-state index in [1.54, 1.807) is 0 Å². The van der Waals surface area contributed by atoms with Crippen molar-refractivity contribution < 1.29 is 9.53 Å². The predicted molar refractivity (Wildman–Crippen MR) is 130 cm³/mol. The van der Waals surface area contributed by atoms with Crippen LogP contribution in [-0.2, 0) is 22.4 Å². The molecular weight excluding hydrogens is 412 g/mol. The van der Waals surface area contributed by atoms with Crippen LogP contribution < -0.4 is 4.90 Å². The number of ether oxygens (including phenoxy) is 1. The molecule has 0 N–H and O–H groups in total. The summed E-state index contributed by atoms with van der Waals surface area (Å²) in [6, 6.07) is 9.17. The van der Waals surface area contributed by atoms with E-state index in [0.29, 0.717) is 24.9 Å². The minimum atomic E-state index is 0.187. The molecule has 2 aromatic rings. The zero-order chi connectivity index (χ0) is 22.8. The molecule has 6 heteroatoms. The molecule has 1 atom stereocenters. The van der Waals surface area contributed by atoms with E-state index < -0.39 is 0 Å². The van der Waals surface area contributed by atoms with Crippen LogP contribution in [-0.4, -0.2) is 59.7 Å². The number of fused-ring (bicyclic) bond motifs is 1. The molecule has 3 aliphatic rings. The summed E-state index contributed by atoms with van der Waals surface area (Å²) in [7, 11) is 0. The predicted octanol–water partition coefficient (Wildman–Crippen LogP) is 3.97. The molecule has 0 bridgehead atoms. The van der Waals surface area contributed by atoms with Gasteiger partial charge >= 0.3 is 0 Å². The lowest BCUT2D eigenvalue weighted by Gasteiger charge is -2.39. The monoisotopic (exact) mass is 448 g/mol. The van der Waals surface area contributed by atoms with Gasteiger partial charge in [0.25, 0.3) is 0 Å². The topological polar surface area (TPSA) is 58.6 Å². The zero-order valence-electron chi connectivity index (χ0n) is 20.1. The van der Waals surface area contributed by atoms with Gasteiger partial charge in [0.15, 0.2) is 0 Å². The van der Waals surface area contributed by atoms with Crippen molar-refractivity contribution >= 4 is 11.7 Å². The Kier molecular flexibility index (Phi) is 6.74. The van der Waals surface area contributed by atoms with E-state index in [0.717, 1.165) is 81.3 Å². The summed E-state index contributed by atoms with van der Waals surface area (Å²) in [6.45, 7) is 8.80. The smallest absolute Gasteiger partial charge is 0.228 e. The molecule has 33 heavy (non-hydrogen) atoms. The van der Waals surface area contributed by atoms with E-state index in [4.69, 9.17) is 14.7 Å².